The fraction of sp³-hybridized carbons (Fsp3) is 0.417. The smallest absolute Gasteiger partial charge is 0.254 e. The number of piperidine rings is 1. The number of hydrogen-bond acceptors (Lipinski definition) is 4. The second kappa shape index (κ2) is 9.29. The molecule has 2 aromatic rings. The number of nitrogens with zero attached hydrogens (tertiary/aromatic N) is 3. The zero-order chi connectivity index (χ0) is 21.8. The molecule has 1 aromatic carbocycles. The first-order valence-electron chi connectivity index (χ1n) is 11.0. The Balaban J connectivity index is 1.59. The van der Waals surface area contributed by atoms with Crippen LogP contribution in [0.15, 0.2) is 41.2 Å². The van der Waals surface area contributed by atoms with E-state index in [4.69, 9.17) is 4.98 Å². The Morgan fingerprint density at radius 2 is 2.00 bits per heavy atom. The van der Waals surface area contributed by atoms with Crippen LogP contribution in [0.2, 0.25) is 0 Å². The number of rotatable bonds is 4. The van der Waals surface area contributed by atoms with Gasteiger partial charge >= 0.3 is 0 Å². The third kappa shape index (κ3) is 4.60. The van der Waals surface area contributed by atoms with Crippen molar-refractivity contribution in [2.45, 2.75) is 51.6 Å². The number of H-pyrrole nitrogens is 1. The number of carbonyl (C=O) groups is 2. The van der Waals surface area contributed by atoms with E-state index in [9.17, 15) is 14.4 Å². The summed E-state index contributed by atoms with van der Waals surface area (Å²) in [5, 5.41) is 0. The number of benzene rings is 1. The van der Waals surface area contributed by atoms with Crippen LogP contribution in [0.4, 0.5) is 0 Å². The van der Waals surface area contributed by atoms with Crippen LogP contribution >= 0.6 is 0 Å². The maximum atomic E-state index is 13.0. The number of aromatic nitrogens is 2. The fourth-order valence-corrected chi connectivity index (χ4v) is 4.36. The molecule has 1 aromatic heterocycles. The van der Waals surface area contributed by atoms with E-state index in [-0.39, 0.29) is 23.4 Å². The molecule has 162 valence electrons. The Hall–Kier alpha value is -3.22. The van der Waals surface area contributed by atoms with Crippen LogP contribution in [-0.2, 0) is 22.6 Å². The van der Waals surface area contributed by atoms with Gasteiger partial charge in [0.05, 0.1) is 18.3 Å². The standard InChI is InChI=1S/C24H28N4O3/c1-2-21(29)27-15-13-18-19(16-27)25-23(26-24(18)31)20-10-6-7-14-28(20)22(30)12-11-17-8-4-3-5-9-17/h3-5,8-9,11-12,20H,2,6-7,10,13-16H2,1H3,(H,25,26,31)/b12-11+/t20-/m1/s1. The number of fused-ring (bicyclic) bond motifs is 1. The second-order valence-corrected chi connectivity index (χ2v) is 8.08. The van der Waals surface area contributed by atoms with Crippen molar-refractivity contribution in [1.82, 2.24) is 19.8 Å². The Kier molecular flexibility index (Phi) is 6.30. The minimum Gasteiger partial charge on any atom is -0.336 e. The summed E-state index contributed by atoms with van der Waals surface area (Å²) in [6.45, 7) is 3.36. The Labute approximate surface area is 181 Å². The van der Waals surface area contributed by atoms with Crippen molar-refractivity contribution in [3.05, 3.63) is 69.4 Å². The van der Waals surface area contributed by atoms with Crippen molar-refractivity contribution >= 4 is 17.9 Å². The van der Waals surface area contributed by atoms with Crippen molar-refractivity contribution < 1.29 is 9.59 Å². The van der Waals surface area contributed by atoms with Crippen molar-refractivity contribution in [2.75, 3.05) is 13.1 Å². The largest absolute Gasteiger partial charge is 0.336 e. The molecule has 31 heavy (non-hydrogen) atoms. The van der Waals surface area contributed by atoms with E-state index in [1.807, 2.05) is 43.3 Å². The van der Waals surface area contributed by atoms with E-state index in [1.54, 1.807) is 15.9 Å². The minimum absolute atomic E-state index is 0.0646. The Bertz CT molecular complexity index is 1040. The predicted octanol–water partition coefficient (Wildman–Crippen LogP) is 2.83. The van der Waals surface area contributed by atoms with Gasteiger partial charge < -0.3 is 14.8 Å². The molecule has 0 spiro atoms. The van der Waals surface area contributed by atoms with Crippen LogP contribution in [0.25, 0.3) is 6.08 Å². The van der Waals surface area contributed by atoms with E-state index in [0.717, 1.165) is 24.8 Å². The molecule has 3 heterocycles. The summed E-state index contributed by atoms with van der Waals surface area (Å²) >= 11 is 0. The summed E-state index contributed by atoms with van der Waals surface area (Å²) in [5.41, 5.74) is 2.12. The molecular weight excluding hydrogens is 392 g/mol. The summed E-state index contributed by atoms with van der Waals surface area (Å²) in [7, 11) is 0. The van der Waals surface area contributed by atoms with Gasteiger partial charge in [-0.05, 0) is 37.3 Å². The molecule has 0 aliphatic carbocycles. The molecule has 0 unspecified atom stereocenters. The highest BCUT2D eigenvalue weighted by Crippen LogP contribution is 2.29. The van der Waals surface area contributed by atoms with Crippen molar-refractivity contribution in [3.63, 3.8) is 0 Å². The van der Waals surface area contributed by atoms with Crippen molar-refractivity contribution in [3.8, 4) is 0 Å². The highest BCUT2D eigenvalue weighted by molar-refractivity contribution is 5.92. The first-order chi connectivity index (χ1) is 15.1. The van der Waals surface area contributed by atoms with E-state index < -0.39 is 0 Å². The number of aromatic amines is 1. The summed E-state index contributed by atoms with van der Waals surface area (Å²) in [6, 6.07) is 9.43. The molecule has 4 rings (SSSR count). The topological polar surface area (TPSA) is 86.4 Å². The highest BCUT2D eigenvalue weighted by atomic mass is 16.2. The predicted molar refractivity (Wildman–Crippen MR) is 118 cm³/mol. The number of amides is 2. The lowest BCUT2D eigenvalue weighted by Crippen LogP contribution is -2.42. The molecule has 2 amide bonds. The molecule has 1 N–H and O–H groups in total. The lowest BCUT2D eigenvalue weighted by molar-refractivity contribution is -0.131. The van der Waals surface area contributed by atoms with Crippen molar-refractivity contribution in [1.29, 1.82) is 0 Å². The average Bonchev–Trinajstić information content (AvgIpc) is 2.82. The third-order valence-electron chi connectivity index (χ3n) is 6.07. The molecule has 7 nitrogen and oxygen atoms in total. The molecular formula is C24H28N4O3. The van der Waals surface area contributed by atoms with Gasteiger partial charge in [-0.1, -0.05) is 37.3 Å². The minimum atomic E-state index is -0.267. The molecule has 1 atom stereocenters. The van der Waals surface area contributed by atoms with Crippen LogP contribution in [-0.4, -0.2) is 44.7 Å². The first-order valence-corrected chi connectivity index (χ1v) is 11.0. The molecule has 2 aliphatic rings. The lowest BCUT2D eigenvalue weighted by atomic mass is 10.00. The quantitative estimate of drug-likeness (QED) is 0.771. The van der Waals surface area contributed by atoms with Gasteiger partial charge in [-0.25, -0.2) is 4.98 Å². The van der Waals surface area contributed by atoms with Crippen LogP contribution < -0.4 is 5.56 Å². The summed E-state index contributed by atoms with van der Waals surface area (Å²) in [5.74, 6) is 0.502. The van der Waals surface area contributed by atoms with Gasteiger partial charge in [0.15, 0.2) is 0 Å². The van der Waals surface area contributed by atoms with Gasteiger partial charge in [0.25, 0.3) is 5.56 Å². The zero-order valence-corrected chi connectivity index (χ0v) is 17.8. The molecule has 0 radical (unpaired) electrons. The fourth-order valence-electron chi connectivity index (χ4n) is 4.36. The average molecular weight is 421 g/mol. The maximum Gasteiger partial charge on any atom is 0.254 e. The number of nitrogens with one attached hydrogen (secondary N) is 1. The van der Waals surface area contributed by atoms with Gasteiger partial charge in [-0.15, -0.1) is 0 Å². The van der Waals surface area contributed by atoms with Gasteiger partial charge in [0.1, 0.15) is 5.82 Å². The number of hydrogen-bond donors (Lipinski definition) is 1. The molecule has 0 saturated carbocycles. The van der Waals surface area contributed by atoms with Gasteiger partial charge in [-0.2, -0.15) is 0 Å². The Morgan fingerprint density at radius 1 is 1.19 bits per heavy atom. The SMILES string of the molecule is CCC(=O)N1CCc2c(nc([C@H]3CCCCN3C(=O)/C=C/c3ccccc3)[nH]c2=O)C1. The normalized spacial score (nSPS) is 18.8. The first kappa shape index (κ1) is 21.0. The molecule has 7 heteroatoms. The molecule has 1 saturated heterocycles. The maximum absolute atomic E-state index is 13.0. The van der Waals surface area contributed by atoms with Gasteiger partial charge in [-0.3, -0.25) is 14.4 Å². The van der Waals surface area contributed by atoms with Crippen LogP contribution in [0.3, 0.4) is 0 Å². The number of carbonyl (C=O) groups excluding carboxylic acids is 2. The van der Waals surface area contributed by atoms with E-state index in [2.05, 4.69) is 4.98 Å². The lowest BCUT2D eigenvalue weighted by Gasteiger charge is -2.35. The molecule has 1 fully saturated rings. The highest BCUT2D eigenvalue weighted by Gasteiger charge is 2.31. The summed E-state index contributed by atoms with van der Waals surface area (Å²) < 4.78 is 0. The molecule has 2 aliphatic heterocycles. The van der Waals surface area contributed by atoms with Crippen molar-refractivity contribution in [2.24, 2.45) is 0 Å². The summed E-state index contributed by atoms with van der Waals surface area (Å²) in [6.07, 6.45) is 7.00. The number of likely N-dealkylation sites (tertiary alicyclic amines) is 1. The monoisotopic (exact) mass is 420 g/mol. The van der Waals surface area contributed by atoms with E-state index >= 15 is 0 Å². The van der Waals surface area contributed by atoms with E-state index in [1.165, 1.54) is 0 Å². The molecule has 0 bridgehead atoms. The van der Waals surface area contributed by atoms with Crippen LogP contribution in [0.1, 0.15) is 61.3 Å². The van der Waals surface area contributed by atoms with Crippen LogP contribution in [0.5, 0.6) is 0 Å². The third-order valence-corrected chi connectivity index (χ3v) is 6.07. The van der Waals surface area contributed by atoms with E-state index in [0.29, 0.717) is 49.6 Å². The zero-order valence-electron chi connectivity index (χ0n) is 17.8. The second-order valence-electron chi connectivity index (χ2n) is 8.08. The Morgan fingerprint density at radius 3 is 2.77 bits per heavy atom. The van der Waals surface area contributed by atoms with Gasteiger partial charge in [0.2, 0.25) is 11.8 Å². The summed E-state index contributed by atoms with van der Waals surface area (Å²) in [4.78, 5) is 49.1. The van der Waals surface area contributed by atoms with Gasteiger partial charge in [0, 0.05) is 31.1 Å². The van der Waals surface area contributed by atoms with Crippen LogP contribution in [0, 0.1) is 0 Å².